The quantitative estimate of drug-likeness (QED) is 0.716. The molecule has 4 aliphatic carbocycles. The third kappa shape index (κ3) is 2.79. The zero-order chi connectivity index (χ0) is 19.5. The fourth-order valence-corrected chi connectivity index (χ4v) is 7.80. The van der Waals surface area contributed by atoms with Gasteiger partial charge in [-0.25, -0.2) is 4.39 Å². The molecule has 0 radical (unpaired) electrons. The van der Waals surface area contributed by atoms with Crippen molar-refractivity contribution < 1.29 is 14.0 Å². The van der Waals surface area contributed by atoms with Crippen LogP contribution in [0.1, 0.15) is 71.6 Å². The molecule has 5 aliphatic rings. The van der Waals surface area contributed by atoms with Crippen LogP contribution in [0.15, 0.2) is 5.16 Å². The van der Waals surface area contributed by atoms with Crippen LogP contribution < -0.4 is 5.32 Å². The highest BCUT2D eigenvalue weighted by Crippen LogP contribution is 2.65. The molecule has 5 heteroatoms. The van der Waals surface area contributed by atoms with E-state index in [1.165, 1.54) is 6.42 Å². The van der Waals surface area contributed by atoms with Gasteiger partial charge in [-0.1, -0.05) is 19.0 Å². The molecule has 1 saturated heterocycles. The van der Waals surface area contributed by atoms with Gasteiger partial charge in [-0.05, 0) is 80.6 Å². The number of ketones is 1. The summed E-state index contributed by atoms with van der Waals surface area (Å²) in [6.45, 7) is 6.34. The summed E-state index contributed by atoms with van der Waals surface area (Å²) in [5, 5.41) is 7.57. The van der Waals surface area contributed by atoms with Gasteiger partial charge in [0.15, 0.2) is 0 Å². The number of alkyl halides is 1. The molecule has 0 aromatic heterocycles. The lowest BCUT2D eigenvalue weighted by Gasteiger charge is -2.59. The molecule has 5 rings (SSSR count). The number of nitrogens with zero attached hydrogens (tertiary/aromatic N) is 1. The van der Waals surface area contributed by atoms with E-state index < -0.39 is 6.17 Å². The number of hydrogen-bond donors (Lipinski definition) is 1. The number of nitrogens with one attached hydrogen (secondary N) is 1. The van der Waals surface area contributed by atoms with Crippen LogP contribution in [-0.2, 0) is 9.63 Å². The number of hydrogen-bond acceptors (Lipinski definition) is 4. The van der Waals surface area contributed by atoms with Crippen molar-refractivity contribution in [2.75, 3.05) is 13.1 Å². The third-order valence-corrected chi connectivity index (χ3v) is 9.54. The normalized spacial score (nSPS) is 52.2. The molecule has 1 aliphatic heterocycles. The Bertz CT molecular complexity index is 676. The first-order valence-corrected chi connectivity index (χ1v) is 11.5. The first-order chi connectivity index (χ1) is 13.4. The summed E-state index contributed by atoms with van der Waals surface area (Å²) in [6, 6.07) is 0. The Kier molecular flexibility index (Phi) is 4.61. The first kappa shape index (κ1) is 19.0. The minimum atomic E-state index is -0.979. The van der Waals surface area contributed by atoms with Crippen LogP contribution in [-0.4, -0.2) is 36.9 Å². The fourth-order valence-electron chi connectivity index (χ4n) is 7.80. The predicted octanol–water partition coefficient (Wildman–Crippen LogP) is 4.28. The van der Waals surface area contributed by atoms with Crippen molar-refractivity contribution in [1.82, 2.24) is 5.32 Å². The minimum absolute atomic E-state index is 0.0449. The van der Waals surface area contributed by atoms with Crippen LogP contribution >= 0.6 is 0 Å². The van der Waals surface area contributed by atoms with Crippen LogP contribution in [0.3, 0.4) is 0 Å². The molecule has 0 amide bonds. The van der Waals surface area contributed by atoms with Gasteiger partial charge in [0.25, 0.3) is 0 Å². The lowest BCUT2D eigenvalue weighted by atomic mass is 9.45. The number of rotatable bonds is 2. The van der Waals surface area contributed by atoms with E-state index in [9.17, 15) is 4.79 Å². The van der Waals surface area contributed by atoms with Gasteiger partial charge in [0.05, 0.1) is 5.71 Å². The van der Waals surface area contributed by atoms with Crippen LogP contribution in [0, 0.1) is 34.5 Å². The van der Waals surface area contributed by atoms with Gasteiger partial charge < -0.3 is 10.2 Å². The maximum atomic E-state index is 15.2. The highest BCUT2D eigenvalue weighted by Gasteiger charge is 2.61. The number of Topliss-reactive ketones (excluding diaryl/α,β-unsaturated/α-hetero) is 1. The fraction of sp³-hybridized carbons (Fsp3) is 0.913. The zero-order valence-electron chi connectivity index (χ0n) is 17.4. The van der Waals surface area contributed by atoms with Gasteiger partial charge >= 0.3 is 0 Å². The highest BCUT2D eigenvalue weighted by atomic mass is 19.1. The standard InChI is InChI=1S/C23H35FN2O2/c1-22-9-7-18-16(17(22)5-6-21(22)27)4-3-14-11-20(19(24)12-23(14,18)2)26-28-15-8-10-25-13-15/h14-19,25H,3-13H2,1-2H3/b26-20+/t14?,15-,16-,17-,18-,19+,22-,23-/m0/s1. The molecule has 156 valence electrons. The Morgan fingerprint density at radius 3 is 2.79 bits per heavy atom. The Morgan fingerprint density at radius 1 is 1.14 bits per heavy atom. The number of fused-ring (bicyclic) bond motifs is 5. The average Bonchev–Trinajstić information content (AvgIpc) is 3.28. The van der Waals surface area contributed by atoms with Crippen molar-refractivity contribution in [2.24, 2.45) is 39.7 Å². The summed E-state index contributed by atoms with van der Waals surface area (Å²) in [7, 11) is 0. The number of oxime groups is 1. The van der Waals surface area contributed by atoms with Crippen LogP contribution in [0.5, 0.6) is 0 Å². The van der Waals surface area contributed by atoms with Crippen LogP contribution in [0.2, 0.25) is 0 Å². The van der Waals surface area contributed by atoms with E-state index in [1.54, 1.807) is 0 Å². The largest absolute Gasteiger partial charge is 0.391 e. The first-order valence-electron chi connectivity index (χ1n) is 11.5. The Balaban J connectivity index is 1.34. The molecule has 1 unspecified atom stereocenters. The molecule has 1 heterocycles. The van der Waals surface area contributed by atoms with E-state index in [4.69, 9.17) is 4.84 Å². The Hall–Kier alpha value is -0.970. The smallest absolute Gasteiger partial charge is 0.142 e. The summed E-state index contributed by atoms with van der Waals surface area (Å²) >= 11 is 0. The maximum absolute atomic E-state index is 15.2. The van der Waals surface area contributed by atoms with Crippen molar-refractivity contribution in [2.45, 2.75) is 83.9 Å². The molecule has 28 heavy (non-hydrogen) atoms. The molecule has 1 N–H and O–H groups in total. The summed E-state index contributed by atoms with van der Waals surface area (Å²) in [4.78, 5) is 18.2. The van der Waals surface area contributed by atoms with Gasteiger partial charge in [0, 0.05) is 24.8 Å². The lowest BCUT2D eigenvalue weighted by Crippen LogP contribution is -2.55. The summed E-state index contributed by atoms with van der Waals surface area (Å²) in [5.74, 6) is 2.70. The van der Waals surface area contributed by atoms with Crippen molar-refractivity contribution in [3.8, 4) is 0 Å². The minimum Gasteiger partial charge on any atom is -0.391 e. The lowest BCUT2D eigenvalue weighted by molar-refractivity contribution is -0.138. The predicted molar refractivity (Wildman–Crippen MR) is 107 cm³/mol. The summed E-state index contributed by atoms with van der Waals surface area (Å²) < 4.78 is 15.2. The molecular formula is C23H35FN2O2. The number of halogens is 1. The van der Waals surface area contributed by atoms with Gasteiger partial charge in [-0.3, -0.25) is 4.79 Å². The molecule has 0 bridgehead atoms. The molecule has 8 atom stereocenters. The van der Waals surface area contributed by atoms with E-state index in [0.29, 0.717) is 41.6 Å². The molecular weight excluding hydrogens is 355 g/mol. The van der Waals surface area contributed by atoms with E-state index in [2.05, 4.69) is 24.3 Å². The molecule has 0 spiro atoms. The third-order valence-electron chi connectivity index (χ3n) is 9.54. The SMILES string of the molecule is C[C@]12C[C@@H](F)/C(=N/O[C@H]3CCNC3)CC1CC[C@@H]1[C@@H]2CC[C@]2(C)C(=O)CC[C@@H]12. The summed E-state index contributed by atoms with van der Waals surface area (Å²) in [6.07, 6.45) is 7.70. The van der Waals surface area contributed by atoms with Crippen molar-refractivity contribution in [3.05, 3.63) is 0 Å². The van der Waals surface area contributed by atoms with Gasteiger partial charge in [0.2, 0.25) is 0 Å². The number of carbonyl (C=O) groups excluding carboxylic acids is 1. The summed E-state index contributed by atoms with van der Waals surface area (Å²) in [5.41, 5.74) is 0.595. The average molecular weight is 391 g/mol. The van der Waals surface area contributed by atoms with E-state index in [-0.39, 0.29) is 16.9 Å². The monoisotopic (exact) mass is 390 g/mol. The van der Waals surface area contributed by atoms with Crippen molar-refractivity contribution >= 4 is 11.5 Å². The van der Waals surface area contributed by atoms with Crippen molar-refractivity contribution in [3.63, 3.8) is 0 Å². The Labute approximate surface area is 168 Å². The van der Waals surface area contributed by atoms with Crippen LogP contribution in [0.25, 0.3) is 0 Å². The molecule has 4 nitrogen and oxygen atoms in total. The second kappa shape index (κ2) is 6.78. The Morgan fingerprint density at radius 2 is 2.00 bits per heavy atom. The van der Waals surface area contributed by atoms with Crippen LogP contribution in [0.4, 0.5) is 4.39 Å². The van der Waals surface area contributed by atoms with E-state index in [1.807, 2.05) is 0 Å². The van der Waals surface area contributed by atoms with Gasteiger partial charge in [-0.2, -0.15) is 0 Å². The molecule has 0 aromatic rings. The van der Waals surface area contributed by atoms with Gasteiger partial charge in [-0.15, -0.1) is 0 Å². The molecule has 4 saturated carbocycles. The van der Waals surface area contributed by atoms with E-state index >= 15 is 4.39 Å². The number of carbonyl (C=O) groups is 1. The highest BCUT2D eigenvalue weighted by molar-refractivity contribution is 5.89. The van der Waals surface area contributed by atoms with E-state index in [0.717, 1.165) is 58.0 Å². The topological polar surface area (TPSA) is 50.7 Å². The van der Waals surface area contributed by atoms with Crippen molar-refractivity contribution in [1.29, 1.82) is 0 Å². The maximum Gasteiger partial charge on any atom is 0.142 e. The second-order valence-electron chi connectivity index (χ2n) is 10.8. The molecule has 0 aromatic carbocycles. The second-order valence-corrected chi connectivity index (χ2v) is 10.8. The molecule has 5 fully saturated rings. The zero-order valence-corrected chi connectivity index (χ0v) is 17.4. The van der Waals surface area contributed by atoms with Gasteiger partial charge in [0.1, 0.15) is 18.1 Å².